The number of amides is 1. The first-order valence-electron chi connectivity index (χ1n) is 8.76. The van der Waals surface area contributed by atoms with Gasteiger partial charge in [0.15, 0.2) is 11.2 Å². The zero-order chi connectivity index (χ0) is 19.6. The van der Waals surface area contributed by atoms with E-state index in [9.17, 15) is 14.4 Å². The molecule has 1 saturated heterocycles. The van der Waals surface area contributed by atoms with E-state index in [1.165, 1.54) is 17.9 Å². The number of carbonyl (C=O) groups is 1. The van der Waals surface area contributed by atoms with E-state index in [1.807, 2.05) is 12.1 Å². The zero-order valence-corrected chi connectivity index (χ0v) is 15.2. The number of hydrogen-bond donors (Lipinski definition) is 1. The highest BCUT2D eigenvalue weighted by atomic mass is 16.8. The van der Waals surface area contributed by atoms with Crippen molar-refractivity contribution in [3.63, 3.8) is 0 Å². The van der Waals surface area contributed by atoms with E-state index >= 15 is 0 Å². The Morgan fingerprint density at radius 2 is 2.00 bits per heavy atom. The van der Waals surface area contributed by atoms with Gasteiger partial charge in [-0.2, -0.15) is 0 Å². The molecule has 2 aromatic heterocycles. The molecule has 2 aliphatic heterocycles. The summed E-state index contributed by atoms with van der Waals surface area (Å²) in [4.78, 5) is 41.4. The molecule has 1 fully saturated rings. The fourth-order valence-corrected chi connectivity index (χ4v) is 3.82. The van der Waals surface area contributed by atoms with Crippen molar-refractivity contribution in [2.24, 2.45) is 14.1 Å². The number of rotatable bonds is 2. The molecule has 2 aliphatic rings. The van der Waals surface area contributed by atoms with Gasteiger partial charge in [0.2, 0.25) is 0 Å². The molecule has 1 N–H and O–H groups in total. The molecular formula is C18H17N5O5. The van der Waals surface area contributed by atoms with E-state index in [4.69, 9.17) is 9.47 Å². The standard InChI is InChI=1S/C18H17N5O5/c1-21-14-13(15(24)22(2)17(21)26)23(9-19-14)7-10-8-27-18(28-10)11-5-3-4-6-12(11)20-16(18)25/h3-6,9-10H,7-8H2,1-2H3,(H,20,25)/t10-,18-/m1/s1. The summed E-state index contributed by atoms with van der Waals surface area (Å²) in [5.41, 5.74) is 1.01. The van der Waals surface area contributed by atoms with Gasteiger partial charge in [0, 0.05) is 19.7 Å². The van der Waals surface area contributed by atoms with E-state index in [2.05, 4.69) is 10.3 Å². The van der Waals surface area contributed by atoms with E-state index in [1.54, 1.807) is 23.7 Å². The number of benzene rings is 1. The SMILES string of the molecule is Cn1c(=O)c2c(ncn2C[C@@H]2CO[C@]3(O2)C(=O)Nc2ccccc23)n(C)c1=O. The Morgan fingerprint density at radius 3 is 2.82 bits per heavy atom. The van der Waals surface area contributed by atoms with E-state index in [0.717, 1.165) is 4.57 Å². The lowest BCUT2D eigenvalue weighted by Gasteiger charge is -2.20. The van der Waals surface area contributed by atoms with Crippen LogP contribution in [0.5, 0.6) is 0 Å². The molecule has 0 saturated carbocycles. The molecule has 0 radical (unpaired) electrons. The maximum Gasteiger partial charge on any atom is 0.332 e. The Balaban J connectivity index is 1.51. The third-order valence-corrected chi connectivity index (χ3v) is 5.25. The summed E-state index contributed by atoms with van der Waals surface area (Å²) in [5, 5.41) is 2.77. The van der Waals surface area contributed by atoms with Crippen LogP contribution in [0.1, 0.15) is 5.56 Å². The molecule has 1 amide bonds. The fourth-order valence-electron chi connectivity index (χ4n) is 3.82. The number of imidazole rings is 1. The van der Waals surface area contributed by atoms with Gasteiger partial charge in [-0.1, -0.05) is 18.2 Å². The molecule has 0 aliphatic carbocycles. The number of aryl methyl sites for hydroxylation is 1. The van der Waals surface area contributed by atoms with Crippen molar-refractivity contribution in [1.82, 2.24) is 18.7 Å². The zero-order valence-electron chi connectivity index (χ0n) is 15.2. The van der Waals surface area contributed by atoms with Crippen LogP contribution in [-0.2, 0) is 40.7 Å². The molecule has 4 heterocycles. The molecule has 144 valence electrons. The average Bonchev–Trinajstić information content (AvgIpc) is 3.37. The van der Waals surface area contributed by atoms with Gasteiger partial charge in [-0.25, -0.2) is 9.78 Å². The van der Waals surface area contributed by atoms with Gasteiger partial charge in [0.05, 0.1) is 25.2 Å². The van der Waals surface area contributed by atoms with Crippen LogP contribution in [0.4, 0.5) is 5.69 Å². The van der Waals surface area contributed by atoms with Crippen LogP contribution in [0.25, 0.3) is 11.2 Å². The smallest absolute Gasteiger partial charge is 0.332 e. The first-order valence-corrected chi connectivity index (χ1v) is 8.76. The van der Waals surface area contributed by atoms with Crippen LogP contribution < -0.4 is 16.6 Å². The Hall–Kier alpha value is -3.24. The first-order chi connectivity index (χ1) is 13.4. The van der Waals surface area contributed by atoms with E-state index < -0.39 is 23.1 Å². The molecule has 28 heavy (non-hydrogen) atoms. The largest absolute Gasteiger partial charge is 0.336 e. The predicted molar refractivity (Wildman–Crippen MR) is 97.8 cm³/mol. The van der Waals surface area contributed by atoms with Crippen LogP contribution in [0.15, 0.2) is 40.2 Å². The maximum absolute atomic E-state index is 12.6. The van der Waals surface area contributed by atoms with Crippen molar-refractivity contribution in [2.75, 3.05) is 11.9 Å². The summed E-state index contributed by atoms with van der Waals surface area (Å²) >= 11 is 0. The number of para-hydroxylation sites is 1. The Labute approximate surface area is 157 Å². The molecule has 5 rings (SSSR count). The van der Waals surface area contributed by atoms with E-state index in [-0.39, 0.29) is 19.1 Å². The topological polar surface area (TPSA) is 109 Å². The Bertz CT molecular complexity index is 1260. The predicted octanol–water partition coefficient (Wildman–Crippen LogP) is -0.346. The average molecular weight is 383 g/mol. The molecule has 0 bridgehead atoms. The molecule has 1 spiro atoms. The quantitative estimate of drug-likeness (QED) is 0.648. The minimum Gasteiger partial charge on any atom is -0.336 e. The lowest BCUT2D eigenvalue weighted by molar-refractivity contribution is -0.184. The second kappa shape index (κ2) is 5.63. The number of ether oxygens (including phenoxy) is 2. The van der Waals surface area contributed by atoms with Crippen molar-refractivity contribution in [1.29, 1.82) is 0 Å². The van der Waals surface area contributed by atoms with Crippen LogP contribution in [0.3, 0.4) is 0 Å². The molecule has 10 heteroatoms. The second-order valence-electron chi connectivity index (χ2n) is 6.94. The van der Waals surface area contributed by atoms with Crippen molar-refractivity contribution in [3.8, 4) is 0 Å². The number of nitrogens with zero attached hydrogens (tertiary/aromatic N) is 4. The van der Waals surface area contributed by atoms with E-state index in [0.29, 0.717) is 22.4 Å². The monoisotopic (exact) mass is 383 g/mol. The van der Waals surface area contributed by atoms with Gasteiger partial charge in [0.25, 0.3) is 17.3 Å². The lowest BCUT2D eigenvalue weighted by Crippen LogP contribution is -2.38. The van der Waals surface area contributed by atoms with Gasteiger partial charge >= 0.3 is 5.69 Å². The third kappa shape index (κ3) is 2.09. The minimum absolute atomic E-state index is 0.174. The number of hydrogen-bond acceptors (Lipinski definition) is 6. The molecule has 3 aromatic rings. The van der Waals surface area contributed by atoms with Crippen molar-refractivity contribution >= 4 is 22.8 Å². The molecule has 0 unspecified atom stereocenters. The molecule has 2 atom stereocenters. The Kier molecular flexibility index (Phi) is 3.40. The highest BCUT2D eigenvalue weighted by Crippen LogP contribution is 2.43. The number of nitrogens with one attached hydrogen (secondary N) is 1. The van der Waals surface area contributed by atoms with Crippen molar-refractivity contribution in [3.05, 3.63) is 57.0 Å². The highest BCUT2D eigenvalue weighted by Gasteiger charge is 2.55. The van der Waals surface area contributed by atoms with Gasteiger partial charge in [-0.05, 0) is 6.07 Å². The van der Waals surface area contributed by atoms with Gasteiger partial charge in [-0.3, -0.25) is 18.7 Å². The second-order valence-corrected chi connectivity index (χ2v) is 6.94. The summed E-state index contributed by atoms with van der Waals surface area (Å²) < 4.78 is 15.8. The first kappa shape index (κ1) is 16.9. The number of aromatic nitrogens is 4. The number of carbonyl (C=O) groups excluding carboxylic acids is 1. The summed E-state index contributed by atoms with van der Waals surface area (Å²) in [6.07, 6.45) is 1.01. The van der Waals surface area contributed by atoms with Crippen LogP contribution in [-0.4, -0.2) is 37.3 Å². The fraction of sp³-hybridized carbons (Fsp3) is 0.333. The van der Waals surface area contributed by atoms with Gasteiger partial charge < -0.3 is 19.4 Å². The maximum atomic E-state index is 12.6. The van der Waals surface area contributed by atoms with Crippen LogP contribution in [0, 0.1) is 0 Å². The number of fused-ring (bicyclic) bond motifs is 3. The highest BCUT2D eigenvalue weighted by molar-refractivity contribution is 6.04. The van der Waals surface area contributed by atoms with Gasteiger partial charge in [0.1, 0.15) is 6.10 Å². The third-order valence-electron chi connectivity index (χ3n) is 5.25. The Morgan fingerprint density at radius 1 is 1.21 bits per heavy atom. The van der Waals surface area contributed by atoms with Crippen LogP contribution >= 0.6 is 0 Å². The van der Waals surface area contributed by atoms with Crippen LogP contribution in [0.2, 0.25) is 0 Å². The van der Waals surface area contributed by atoms with Crippen molar-refractivity contribution < 1.29 is 14.3 Å². The molecular weight excluding hydrogens is 366 g/mol. The lowest BCUT2D eigenvalue weighted by atomic mass is 10.1. The summed E-state index contributed by atoms with van der Waals surface area (Å²) in [6.45, 7) is 0.425. The summed E-state index contributed by atoms with van der Waals surface area (Å²) in [5.74, 6) is -1.85. The van der Waals surface area contributed by atoms with Crippen molar-refractivity contribution in [2.45, 2.75) is 18.4 Å². The summed E-state index contributed by atoms with van der Waals surface area (Å²) in [7, 11) is 2.98. The summed E-state index contributed by atoms with van der Waals surface area (Å²) in [6, 6.07) is 7.21. The normalized spacial score (nSPS) is 23.5. The number of anilines is 1. The molecule has 1 aromatic carbocycles. The molecule has 10 nitrogen and oxygen atoms in total. The minimum atomic E-state index is -1.48. The van der Waals surface area contributed by atoms with Gasteiger partial charge in [-0.15, -0.1) is 0 Å².